The van der Waals surface area contributed by atoms with Crippen molar-refractivity contribution in [2.24, 2.45) is 0 Å². The summed E-state index contributed by atoms with van der Waals surface area (Å²) in [7, 11) is 0. The molecule has 1 aliphatic heterocycles. The third-order valence-corrected chi connectivity index (χ3v) is 5.06. The van der Waals surface area contributed by atoms with Crippen molar-refractivity contribution in [2.75, 3.05) is 6.54 Å². The van der Waals surface area contributed by atoms with Gasteiger partial charge in [0, 0.05) is 16.2 Å². The molecule has 1 atom stereocenters. The summed E-state index contributed by atoms with van der Waals surface area (Å²) >= 11 is 2.09. The van der Waals surface area contributed by atoms with Crippen molar-refractivity contribution < 1.29 is 0 Å². The Kier molecular flexibility index (Phi) is 3.72. The molecule has 1 N–H and O–H groups in total. The lowest BCUT2D eigenvalue weighted by molar-refractivity contribution is 0.593. The first-order chi connectivity index (χ1) is 8.42. The van der Waals surface area contributed by atoms with Gasteiger partial charge in [-0.05, 0) is 50.3 Å². The van der Waals surface area contributed by atoms with Gasteiger partial charge in [-0.3, -0.25) is 0 Å². The fraction of sp³-hybridized carbons (Fsp3) is 0.600. The van der Waals surface area contributed by atoms with E-state index in [0.717, 1.165) is 11.3 Å². The van der Waals surface area contributed by atoms with Gasteiger partial charge < -0.3 is 5.32 Å². The van der Waals surface area contributed by atoms with Crippen LogP contribution in [0.2, 0.25) is 0 Å². The van der Waals surface area contributed by atoms with Crippen LogP contribution in [0.3, 0.4) is 0 Å². The van der Waals surface area contributed by atoms with Crippen LogP contribution in [-0.4, -0.2) is 17.8 Å². The van der Waals surface area contributed by atoms with E-state index in [0.29, 0.717) is 0 Å². The largest absolute Gasteiger partial charge is 0.314 e. The Morgan fingerprint density at radius 1 is 1.18 bits per heavy atom. The van der Waals surface area contributed by atoms with Crippen LogP contribution in [0.4, 0.5) is 0 Å². The predicted molar refractivity (Wildman–Crippen MR) is 74.7 cm³/mol. The lowest BCUT2D eigenvalue weighted by atomic mass is 10.1. The molecule has 1 unspecified atom stereocenters. The minimum absolute atomic E-state index is 0.841. The highest BCUT2D eigenvalue weighted by molar-refractivity contribution is 8.00. The van der Waals surface area contributed by atoms with Crippen LogP contribution < -0.4 is 5.32 Å². The monoisotopic (exact) mass is 247 g/mol. The third-order valence-electron chi connectivity index (χ3n) is 3.68. The van der Waals surface area contributed by atoms with E-state index >= 15 is 0 Å². The smallest absolute Gasteiger partial charge is 0.0135 e. The lowest BCUT2D eigenvalue weighted by Crippen LogP contribution is -2.17. The molecular formula is C15H21NS. The van der Waals surface area contributed by atoms with Crippen molar-refractivity contribution >= 4 is 11.8 Å². The summed E-state index contributed by atoms with van der Waals surface area (Å²) in [4.78, 5) is 1.52. The highest BCUT2D eigenvalue weighted by Gasteiger charge is 2.21. The Bertz CT molecular complexity index is 348. The van der Waals surface area contributed by atoms with Crippen LogP contribution in [0.15, 0.2) is 29.2 Å². The van der Waals surface area contributed by atoms with Crippen molar-refractivity contribution in [1.29, 1.82) is 0 Å². The van der Waals surface area contributed by atoms with Gasteiger partial charge in [-0.15, -0.1) is 11.8 Å². The molecule has 2 aliphatic rings. The Morgan fingerprint density at radius 3 is 2.88 bits per heavy atom. The summed E-state index contributed by atoms with van der Waals surface area (Å²) in [5.74, 6) is 0. The van der Waals surface area contributed by atoms with Crippen molar-refractivity contribution in [3.05, 3.63) is 29.8 Å². The van der Waals surface area contributed by atoms with Gasteiger partial charge in [-0.25, -0.2) is 0 Å². The Morgan fingerprint density at radius 2 is 2.06 bits per heavy atom. The first-order valence-electron chi connectivity index (χ1n) is 6.90. The average molecular weight is 247 g/mol. The van der Waals surface area contributed by atoms with Gasteiger partial charge >= 0.3 is 0 Å². The molecule has 1 aliphatic carbocycles. The molecule has 1 fully saturated rings. The Hall–Kier alpha value is -0.470. The van der Waals surface area contributed by atoms with Crippen LogP contribution >= 0.6 is 11.8 Å². The summed E-state index contributed by atoms with van der Waals surface area (Å²) < 4.78 is 0. The van der Waals surface area contributed by atoms with E-state index in [1.807, 2.05) is 0 Å². The van der Waals surface area contributed by atoms with E-state index in [2.05, 4.69) is 41.3 Å². The van der Waals surface area contributed by atoms with Crippen LogP contribution in [-0.2, 0) is 6.42 Å². The standard InChI is InChI=1S/C15H21NS/c1-2-7-15-12(5-1)11-14(17-15)6-3-4-10-16-13-8-9-13/h1-2,5,7,13-14,16H,3-4,6,8-11H2. The minimum Gasteiger partial charge on any atom is -0.314 e. The molecule has 92 valence electrons. The zero-order valence-corrected chi connectivity index (χ0v) is 11.1. The fourth-order valence-corrected chi connectivity index (χ4v) is 3.87. The maximum absolute atomic E-state index is 3.59. The number of hydrogen-bond acceptors (Lipinski definition) is 2. The summed E-state index contributed by atoms with van der Waals surface area (Å²) in [6, 6.07) is 9.76. The summed E-state index contributed by atoms with van der Waals surface area (Å²) in [5.41, 5.74) is 1.57. The van der Waals surface area contributed by atoms with Crippen LogP contribution in [0.25, 0.3) is 0 Å². The average Bonchev–Trinajstić information content (AvgIpc) is 3.07. The van der Waals surface area contributed by atoms with E-state index in [9.17, 15) is 0 Å². The van der Waals surface area contributed by atoms with Crippen molar-refractivity contribution in [1.82, 2.24) is 5.32 Å². The van der Waals surface area contributed by atoms with Gasteiger partial charge in [0.2, 0.25) is 0 Å². The summed E-state index contributed by atoms with van der Waals surface area (Å²) in [6.45, 7) is 1.23. The normalized spacial score (nSPS) is 22.7. The molecule has 0 spiro atoms. The van der Waals surface area contributed by atoms with E-state index in [1.165, 1.54) is 50.0 Å². The first-order valence-corrected chi connectivity index (χ1v) is 7.78. The molecular weight excluding hydrogens is 226 g/mol. The van der Waals surface area contributed by atoms with Crippen molar-refractivity contribution in [3.63, 3.8) is 0 Å². The van der Waals surface area contributed by atoms with Gasteiger partial charge in [0.15, 0.2) is 0 Å². The lowest BCUT2D eigenvalue weighted by Gasteiger charge is -2.08. The van der Waals surface area contributed by atoms with E-state index in [4.69, 9.17) is 0 Å². The highest BCUT2D eigenvalue weighted by Crippen LogP contribution is 2.38. The quantitative estimate of drug-likeness (QED) is 0.771. The first kappa shape index (κ1) is 11.6. The van der Waals surface area contributed by atoms with Crippen LogP contribution in [0.5, 0.6) is 0 Å². The Labute approximate surface area is 108 Å². The summed E-state index contributed by atoms with van der Waals surface area (Å²) in [6.07, 6.45) is 8.22. The highest BCUT2D eigenvalue weighted by atomic mass is 32.2. The molecule has 0 bridgehead atoms. The van der Waals surface area contributed by atoms with E-state index in [-0.39, 0.29) is 0 Å². The molecule has 1 saturated carbocycles. The van der Waals surface area contributed by atoms with Crippen LogP contribution in [0.1, 0.15) is 37.7 Å². The Balaban J connectivity index is 1.34. The molecule has 2 heteroatoms. The molecule has 1 heterocycles. The third kappa shape index (κ3) is 3.26. The molecule has 0 amide bonds. The van der Waals surface area contributed by atoms with Gasteiger partial charge in [0.05, 0.1) is 0 Å². The number of benzene rings is 1. The number of nitrogens with one attached hydrogen (secondary N) is 1. The number of rotatable bonds is 6. The molecule has 0 aromatic heterocycles. The second-order valence-corrected chi connectivity index (χ2v) is 6.62. The van der Waals surface area contributed by atoms with Gasteiger partial charge in [0.25, 0.3) is 0 Å². The molecule has 1 aromatic carbocycles. The predicted octanol–water partition coefficient (Wildman–Crippen LogP) is 3.63. The van der Waals surface area contributed by atoms with E-state index < -0.39 is 0 Å². The van der Waals surface area contributed by atoms with Crippen LogP contribution in [0, 0.1) is 0 Å². The molecule has 17 heavy (non-hydrogen) atoms. The number of unbranched alkanes of at least 4 members (excludes halogenated alkanes) is 1. The maximum Gasteiger partial charge on any atom is 0.0135 e. The topological polar surface area (TPSA) is 12.0 Å². The van der Waals surface area contributed by atoms with Gasteiger partial charge in [-0.2, -0.15) is 0 Å². The minimum atomic E-state index is 0.841. The van der Waals surface area contributed by atoms with E-state index in [1.54, 1.807) is 5.56 Å². The summed E-state index contributed by atoms with van der Waals surface area (Å²) in [5, 5.41) is 4.43. The second-order valence-electron chi connectivity index (χ2n) is 5.28. The molecule has 3 rings (SSSR count). The van der Waals surface area contributed by atoms with Crippen molar-refractivity contribution in [2.45, 2.75) is 54.7 Å². The zero-order valence-electron chi connectivity index (χ0n) is 10.3. The van der Waals surface area contributed by atoms with Crippen molar-refractivity contribution in [3.8, 4) is 0 Å². The second kappa shape index (κ2) is 5.45. The van der Waals surface area contributed by atoms with Gasteiger partial charge in [0.1, 0.15) is 0 Å². The fourth-order valence-electron chi connectivity index (χ4n) is 2.51. The maximum atomic E-state index is 3.59. The molecule has 1 nitrogen and oxygen atoms in total. The zero-order chi connectivity index (χ0) is 11.5. The number of fused-ring (bicyclic) bond motifs is 1. The van der Waals surface area contributed by atoms with Gasteiger partial charge in [-0.1, -0.05) is 24.6 Å². The SMILES string of the molecule is c1ccc2c(c1)CC(CCCCNC1CC1)S2. The number of hydrogen-bond donors (Lipinski definition) is 1. The molecule has 0 radical (unpaired) electrons. The molecule has 0 saturated heterocycles. The molecule has 1 aromatic rings. The number of thioether (sulfide) groups is 1.